The van der Waals surface area contributed by atoms with Crippen LogP contribution in [0.25, 0.3) is 33.7 Å². The quantitative estimate of drug-likeness (QED) is 0.606. The van der Waals surface area contributed by atoms with Gasteiger partial charge in [-0.05, 0) is 12.1 Å². The Hall–Kier alpha value is -2.88. The van der Waals surface area contributed by atoms with Crippen LogP contribution in [-0.2, 0) is 7.05 Å². The highest BCUT2D eigenvalue weighted by Crippen LogP contribution is 2.30. The first-order chi connectivity index (χ1) is 10.3. The summed E-state index contributed by atoms with van der Waals surface area (Å²) in [6, 6.07) is 14.2. The van der Waals surface area contributed by atoms with Crippen molar-refractivity contribution in [2.75, 3.05) is 0 Å². The molecule has 0 saturated carbocycles. The molecule has 1 N–H and O–H groups in total. The predicted molar refractivity (Wildman–Crippen MR) is 83.7 cm³/mol. The molecule has 0 amide bonds. The van der Waals surface area contributed by atoms with Gasteiger partial charge in [0.05, 0.1) is 11.9 Å². The van der Waals surface area contributed by atoms with Crippen LogP contribution in [0.3, 0.4) is 0 Å². The number of nitrogens with zero attached hydrogens (tertiary/aromatic N) is 3. The summed E-state index contributed by atoms with van der Waals surface area (Å²) < 4.78 is 2.12. The average Bonchev–Trinajstić information content (AvgIpc) is 3.11. The molecule has 0 fully saturated rings. The summed E-state index contributed by atoms with van der Waals surface area (Å²) in [6.45, 7) is 0. The van der Waals surface area contributed by atoms with E-state index in [-0.39, 0.29) is 0 Å². The third kappa shape index (κ3) is 1.84. The van der Waals surface area contributed by atoms with Crippen LogP contribution < -0.4 is 0 Å². The normalized spacial score (nSPS) is 11.1. The molecule has 4 heteroatoms. The molecular weight excluding hydrogens is 260 g/mol. The number of H-pyrrole nitrogens is 1. The number of pyridine rings is 1. The molecule has 0 aliphatic carbocycles. The van der Waals surface area contributed by atoms with Gasteiger partial charge in [-0.2, -0.15) is 0 Å². The van der Waals surface area contributed by atoms with Gasteiger partial charge >= 0.3 is 0 Å². The summed E-state index contributed by atoms with van der Waals surface area (Å²) >= 11 is 0. The molecule has 0 spiro atoms. The molecule has 0 aliphatic rings. The van der Waals surface area contributed by atoms with Crippen molar-refractivity contribution < 1.29 is 0 Å². The molecule has 1 aromatic carbocycles. The highest BCUT2D eigenvalue weighted by molar-refractivity contribution is 5.92. The van der Waals surface area contributed by atoms with Crippen molar-refractivity contribution in [3.05, 3.63) is 61.1 Å². The van der Waals surface area contributed by atoms with E-state index >= 15 is 0 Å². The van der Waals surface area contributed by atoms with E-state index in [2.05, 4.69) is 37.7 Å². The van der Waals surface area contributed by atoms with Crippen LogP contribution in [0.5, 0.6) is 0 Å². The summed E-state index contributed by atoms with van der Waals surface area (Å²) in [6.07, 6.45) is 5.70. The molecule has 4 aromatic rings. The first-order valence-corrected chi connectivity index (χ1v) is 6.84. The maximum atomic E-state index is 4.58. The number of hydrogen-bond acceptors (Lipinski definition) is 2. The minimum absolute atomic E-state index is 0.898. The van der Waals surface area contributed by atoms with Gasteiger partial charge in [0.15, 0.2) is 0 Å². The van der Waals surface area contributed by atoms with Crippen LogP contribution in [0.4, 0.5) is 0 Å². The van der Waals surface area contributed by atoms with E-state index in [0.717, 1.165) is 33.7 Å². The lowest BCUT2D eigenvalue weighted by Gasteiger charge is -2.05. The zero-order valence-electron chi connectivity index (χ0n) is 11.6. The van der Waals surface area contributed by atoms with Gasteiger partial charge in [-0.3, -0.25) is 0 Å². The van der Waals surface area contributed by atoms with Crippen molar-refractivity contribution >= 4 is 11.0 Å². The van der Waals surface area contributed by atoms with E-state index in [1.54, 1.807) is 6.20 Å². The summed E-state index contributed by atoms with van der Waals surface area (Å²) in [5.74, 6) is 0.962. The molecule has 0 unspecified atom stereocenters. The van der Waals surface area contributed by atoms with E-state index in [1.807, 2.05) is 43.7 Å². The second-order valence-electron chi connectivity index (χ2n) is 4.99. The zero-order chi connectivity index (χ0) is 14.2. The van der Waals surface area contributed by atoms with E-state index < -0.39 is 0 Å². The third-order valence-corrected chi connectivity index (χ3v) is 3.75. The Kier molecular flexibility index (Phi) is 2.60. The van der Waals surface area contributed by atoms with E-state index in [0.29, 0.717) is 0 Å². The Labute approximate surface area is 122 Å². The minimum atomic E-state index is 0.898. The highest BCUT2D eigenvalue weighted by atomic mass is 15.1. The molecule has 3 aromatic heterocycles. The number of imidazole rings is 1. The summed E-state index contributed by atoms with van der Waals surface area (Å²) in [5, 5.41) is 1.11. The van der Waals surface area contributed by atoms with Crippen LogP contribution in [0.15, 0.2) is 61.1 Å². The first kappa shape index (κ1) is 11.9. The molecule has 4 nitrogen and oxygen atoms in total. The van der Waals surface area contributed by atoms with Gasteiger partial charge in [-0.1, -0.05) is 30.3 Å². The first-order valence-electron chi connectivity index (χ1n) is 6.84. The Balaban J connectivity index is 1.89. The zero-order valence-corrected chi connectivity index (χ0v) is 11.6. The average molecular weight is 274 g/mol. The van der Waals surface area contributed by atoms with E-state index in [9.17, 15) is 0 Å². The number of fused-ring (bicyclic) bond motifs is 1. The fraction of sp³-hybridized carbons (Fsp3) is 0.0588. The van der Waals surface area contributed by atoms with E-state index in [1.165, 1.54) is 0 Å². The molecule has 0 atom stereocenters. The minimum Gasteiger partial charge on any atom is -0.345 e. The molecule has 3 heterocycles. The molecular formula is C17H14N4. The van der Waals surface area contributed by atoms with Gasteiger partial charge in [0.1, 0.15) is 11.5 Å². The smallest absolute Gasteiger partial charge is 0.140 e. The maximum absolute atomic E-state index is 4.58. The van der Waals surface area contributed by atoms with Gasteiger partial charge in [-0.25, -0.2) is 9.97 Å². The van der Waals surface area contributed by atoms with E-state index in [4.69, 9.17) is 0 Å². The highest BCUT2D eigenvalue weighted by Gasteiger charge is 2.13. The van der Waals surface area contributed by atoms with Crippen molar-refractivity contribution in [2.24, 2.45) is 7.05 Å². The van der Waals surface area contributed by atoms with Gasteiger partial charge in [0.25, 0.3) is 0 Å². The van der Waals surface area contributed by atoms with Crippen LogP contribution in [0.2, 0.25) is 0 Å². The molecule has 0 radical (unpaired) electrons. The fourth-order valence-corrected chi connectivity index (χ4v) is 2.68. The summed E-state index contributed by atoms with van der Waals surface area (Å²) in [4.78, 5) is 12.1. The number of hydrogen-bond donors (Lipinski definition) is 1. The fourth-order valence-electron chi connectivity index (χ4n) is 2.68. The standard InChI is InChI=1S/C17H14N4/c1-21-15(11-20-17(21)12-6-3-2-4-7-12)14-10-19-16-13(14)8-5-9-18-16/h2-11H,1H3,(H,18,19). The molecule has 21 heavy (non-hydrogen) atoms. The monoisotopic (exact) mass is 274 g/mol. The maximum Gasteiger partial charge on any atom is 0.140 e. The molecule has 102 valence electrons. The lowest BCUT2D eigenvalue weighted by Crippen LogP contribution is -1.94. The molecule has 0 aliphatic heterocycles. The van der Waals surface area contributed by atoms with Crippen molar-refractivity contribution in [1.29, 1.82) is 0 Å². The Morgan fingerprint density at radius 3 is 2.71 bits per heavy atom. The SMILES string of the molecule is Cn1c(-c2c[nH]c3ncccc23)cnc1-c1ccccc1. The van der Waals surface area contributed by atoms with Crippen molar-refractivity contribution in [2.45, 2.75) is 0 Å². The molecule has 4 rings (SSSR count). The third-order valence-electron chi connectivity index (χ3n) is 3.75. The van der Waals surface area contributed by atoms with Crippen molar-refractivity contribution in [3.8, 4) is 22.6 Å². The predicted octanol–water partition coefficient (Wildman–Crippen LogP) is 3.63. The largest absolute Gasteiger partial charge is 0.345 e. The second-order valence-corrected chi connectivity index (χ2v) is 4.99. The number of aromatic amines is 1. The Morgan fingerprint density at radius 1 is 1.00 bits per heavy atom. The Bertz CT molecular complexity index is 903. The van der Waals surface area contributed by atoms with Crippen LogP contribution >= 0.6 is 0 Å². The van der Waals surface area contributed by atoms with Gasteiger partial charge in [0.2, 0.25) is 0 Å². The summed E-state index contributed by atoms with van der Waals surface area (Å²) in [7, 11) is 2.04. The van der Waals surface area contributed by atoms with Gasteiger partial charge < -0.3 is 9.55 Å². The molecule has 0 bridgehead atoms. The van der Waals surface area contributed by atoms with Crippen LogP contribution in [0.1, 0.15) is 0 Å². The summed E-state index contributed by atoms with van der Waals surface area (Å²) in [5.41, 5.74) is 4.21. The number of rotatable bonds is 2. The van der Waals surface area contributed by atoms with Crippen molar-refractivity contribution in [1.82, 2.24) is 19.5 Å². The van der Waals surface area contributed by atoms with Crippen LogP contribution in [-0.4, -0.2) is 19.5 Å². The topological polar surface area (TPSA) is 46.5 Å². The number of nitrogens with one attached hydrogen (secondary N) is 1. The van der Waals surface area contributed by atoms with Gasteiger partial charge in [-0.15, -0.1) is 0 Å². The van der Waals surface area contributed by atoms with Crippen LogP contribution in [0, 0.1) is 0 Å². The number of aromatic nitrogens is 4. The molecule has 0 saturated heterocycles. The lowest BCUT2D eigenvalue weighted by atomic mass is 10.1. The lowest BCUT2D eigenvalue weighted by molar-refractivity contribution is 0.934. The van der Waals surface area contributed by atoms with Gasteiger partial charge in [0, 0.05) is 36.0 Å². The second kappa shape index (κ2) is 4.59. The Morgan fingerprint density at radius 2 is 1.86 bits per heavy atom. The number of benzene rings is 1. The van der Waals surface area contributed by atoms with Crippen molar-refractivity contribution in [3.63, 3.8) is 0 Å².